The Kier molecular flexibility index (Phi) is 13.9. The van der Waals surface area contributed by atoms with Gasteiger partial charge in [-0.25, -0.2) is 0 Å². The Balaban J connectivity index is 2.16. The lowest BCUT2D eigenvalue weighted by Gasteiger charge is -2.24. The molecule has 0 radical (unpaired) electrons. The van der Waals surface area contributed by atoms with Crippen molar-refractivity contribution in [3.05, 3.63) is 22.9 Å². The molecule has 1 saturated carbocycles. The van der Waals surface area contributed by atoms with Gasteiger partial charge in [-0.2, -0.15) is 0 Å². The summed E-state index contributed by atoms with van der Waals surface area (Å²) in [7, 11) is 0. The predicted octanol–water partition coefficient (Wildman–Crippen LogP) is 2.97. The molecule has 1 aliphatic carbocycles. The van der Waals surface area contributed by atoms with Crippen LogP contribution in [0.25, 0.3) is 0 Å². The van der Waals surface area contributed by atoms with Crippen LogP contribution in [-0.2, 0) is 19.0 Å². The Bertz CT molecular complexity index is 495. The summed E-state index contributed by atoms with van der Waals surface area (Å²) in [5.74, 6) is 0.555. The fourth-order valence-corrected chi connectivity index (χ4v) is 2.92. The maximum Gasteiger partial charge on any atom is 0.161 e. The molecule has 0 aromatic heterocycles. The zero-order valence-corrected chi connectivity index (χ0v) is 18.1. The number of rotatable bonds is 17. The number of ether oxygens (including phenoxy) is 3. The Morgan fingerprint density at radius 1 is 1.04 bits per heavy atom. The smallest absolute Gasteiger partial charge is 0.161 e. The summed E-state index contributed by atoms with van der Waals surface area (Å²) < 4.78 is 16.4. The Morgan fingerprint density at radius 3 is 2.07 bits per heavy atom. The molecule has 6 heteroatoms. The van der Waals surface area contributed by atoms with Crippen molar-refractivity contribution in [1.82, 2.24) is 5.32 Å². The third kappa shape index (κ3) is 11.0. The van der Waals surface area contributed by atoms with E-state index in [0.29, 0.717) is 52.1 Å². The molecule has 28 heavy (non-hydrogen) atoms. The van der Waals surface area contributed by atoms with Crippen LogP contribution in [0.2, 0.25) is 0 Å². The van der Waals surface area contributed by atoms with E-state index in [9.17, 15) is 4.79 Å². The summed E-state index contributed by atoms with van der Waals surface area (Å²) in [4.78, 5) is 12.1. The van der Waals surface area contributed by atoms with Gasteiger partial charge in [0.05, 0.1) is 26.4 Å². The normalized spacial score (nSPS) is 14.3. The van der Waals surface area contributed by atoms with Gasteiger partial charge in [-0.3, -0.25) is 4.79 Å². The molecule has 162 valence electrons. The Labute approximate surface area is 170 Å². The minimum absolute atomic E-state index is 0.162. The molecule has 1 fully saturated rings. The highest BCUT2D eigenvalue weighted by Crippen LogP contribution is 2.32. The topological polar surface area (TPSA) is 82.8 Å². The van der Waals surface area contributed by atoms with Crippen molar-refractivity contribution in [3.63, 3.8) is 0 Å². The monoisotopic (exact) mass is 396 g/mol. The molecule has 0 bridgehead atoms. The number of carbonyl (C=O) groups excluding carboxylic acids is 1. The SMILES string of the molecule is CC(=O)C(C(=CC(C)C)NCCCOCCOCCOCCCN)=C1CCC1. The van der Waals surface area contributed by atoms with Crippen LogP contribution in [0.5, 0.6) is 0 Å². The molecule has 0 amide bonds. The molecule has 0 aromatic rings. The van der Waals surface area contributed by atoms with Gasteiger partial charge in [0.15, 0.2) is 5.78 Å². The van der Waals surface area contributed by atoms with E-state index in [1.165, 1.54) is 12.0 Å². The van der Waals surface area contributed by atoms with Crippen LogP contribution >= 0.6 is 0 Å². The number of nitrogens with two attached hydrogens (primary N) is 1. The highest BCUT2D eigenvalue weighted by molar-refractivity contribution is 5.98. The molecule has 1 aliphatic rings. The third-order valence-electron chi connectivity index (χ3n) is 4.45. The largest absolute Gasteiger partial charge is 0.385 e. The van der Waals surface area contributed by atoms with Crippen LogP contribution < -0.4 is 11.1 Å². The third-order valence-corrected chi connectivity index (χ3v) is 4.45. The van der Waals surface area contributed by atoms with Crippen LogP contribution in [0.3, 0.4) is 0 Å². The summed E-state index contributed by atoms with van der Waals surface area (Å²) in [5, 5.41) is 3.46. The first-order valence-corrected chi connectivity index (χ1v) is 10.7. The quantitative estimate of drug-likeness (QED) is 0.290. The van der Waals surface area contributed by atoms with Gasteiger partial charge in [-0.05, 0) is 51.5 Å². The first kappa shape index (κ1) is 24.8. The van der Waals surface area contributed by atoms with Crippen molar-refractivity contribution in [2.24, 2.45) is 11.7 Å². The standard InChI is InChI=1S/C22H40N2O4/c1-18(2)17-21(22(19(3)25)20-7-4-8-20)24-10-6-12-27-14-16-28-15-13-26-11-5-9-23/h17-18,24H,4-16,23H2,1-3H3. The number of nitrogens with one attached hydrogen (secondary N) is 1. The number of allylic oxidation sites excluding steroid dienone is 3. The van der Waals surface area contributed by atoms with Crippen molar-refractivity contribution < 1.29 is 19.0 Å². The number of carbonyl (C=O) groups is 1. The van der Waals surface area contributed by atoms with Crippen LogP contribution in [-0.4, -0.2) is 58.5 Å². The van der Waals surface area contributed by atoms with E-state index in [-0.39, 0.29) is 5.78 Å². The van der Waals surface area contributed by atoms with E-state index in [4.69, 9.17) is 19.9 Å². The van der Waals surface area contributed by atoms with E-state index >= 15 is 0 Å². The molecule has 0 aliphatic heterocycles. The van der Waals surface area contributed by atoms with Gasteiger partial charge in [0.2, 0.25) is 0 Å². The molecule has 0 saturated heterocycles. The minimum Gasteiger partial charge on any atom is -0.385 e. The second-order valence-electron chi connectivity index (χ2n) is 7.47. The zero-order valence-electron chi connectivity index (χ0n) is 18.1. The van der Waals surface area contributed by atoms with Gasteiger partial charge >= 0.3 is 0 Å². The summed E-state index contributed by atoms with van der Waals surface area (Å²) >= 11 is 0. The van der Waals surface area contributed by atoms with Gasteiger partial charge in [-0.1, -0.05) is 25.5 Å². The second kappa shape index (κ2) is 15.7. The minimum atomic E-state index is 0.162. The average molecular weight is 397 g/mol. The summed E-state index contributed by atoms with van der Waals surface area (Å²) in [6.07, 6.45) is 7.22. The fraction of sp³-hybridized carbons (Fsp3) is 0.773. The fourth-order valence-electron chi connectivity index (χ4n) is 2.92. The van der Waals surface area contributed by atoms with Gasteiger partial charge in [0.1, 0.15) is 0 Å². The highest BCUT2D eigenvalue weighted by atomic mass is 16.5. The molecular formula is C22H40N2O4. The maximum absolute atomic E-state index is 12.1. The lowest BCUT2D eigenvalue weighted by molar-refractivity contribution is -0.113. The van der Waals surface area contributed by atoms with Gasteiger partial charge in [0.25, 0.3) is 0 Å². The van der Waals surface area contributed by atoms with E-state index in [1.807, 2.05) is 0 Å². The molecule has 1 rings (SSSR count). The van der Waals surface area contributed by atoms with Gasteiger partial charge < -0.3 is 25.3 Å². The van der Waals surface area contributed by atoms with Crippen molar-refractivity contribution in [2.75, 3.05) is 52.7 Å². The van der Waals surface area contributed by atoms with Crippen LogP contribution in [0.1, 0.15) is 52.9 Å². The molecule has 0 aromatic carbocycles. The molecule has 0 heterocycles. The molecule has 3 N–H and O–H groups in total. The number of Topliss-reactive ketones (excluding diaryl/α,β-unsaturated/α-hetero) is 1. The van der Waals surface area contributed by atoms with E-state index < -0.39 is 0 Å². The maximum atomic E-state index is 12.1. The molecular weight excluding hydrogens is 356 g/mol. The number of ketones is 1. The van der Waals surface area contributed by atoms with E-state index in [2.05, 4.69) is 25.2 Å². The number of hydrogen-bond acceptors (Lipinski definition) is 6. The highest BCUT2D eigenvalue weighted by Gasteiger charge is 2.21. The van der Waals surface area contributed by atoms with Crippen LogP contribution in [0.15, 0.2) is 22.9 Å². The summed E-state index contributed by atoms with van der Waals surface area (Å²) in [5.41, 5.74) is 8.59. The van der Waals surface area contributed by atoms with Crippen LogP contribution in [0.4, 0.5) is 0 Å². The van der Waals surface area contributed by atoms with Crippen molar-refractivity contribution in [1.29, 1.82) is 0 Å². The summed E-state index contributed by atoms with van der Waals surface area (Å²) in [6, 6.07) is 0. The van der Waals surface area contributed by atoms with E-state index in [1.54, 1.807) is 6.92 Å². The molecule has 0 spiro atoms. The van der Waals surface area contributed by atoms with E-state index in [0.717, 1.165) is 43.5 Å². The van der Waals surface area contributed by atoms with Crippen molar-refractivity contribution in [2.45, 2.75) is 52.9 Å². The Morgan fingerprint density at radius 2 is 1.61 bits per heavy atom. The van der Waals surface area contributed by atoms with Crippen molar-refractivity contribution >= 4 is 5.78 Å². The summed E-state index contributed by atoms with van der Waals surface area (Å²) in [6.45, 7) is 11.1. The average Bonchev–Trinajstić information content (AvgIpc) is 2.60. The van der Waals surface area contributed by atoms with Gasteiger partial charge in [0, 0.05) is 31.0 Å². The first-order chi connectivity index (χ1) is 13.6. The lowest BCUT2D eigenvalue weighted by Crippen LogP contribution is -2.23. The predicted molar refractivity (Wildman–Crippen MR) is 113 cm³/mol. The second-order valence-corrected chi connectivity index (χ2v) is 7.47. The first-order valence-electron chi connectivity index (χ1n) is 10.7. The molecule has 0 atom stereocenters. The number of hydrogen-bond donors (Lipinski definition) is 2. The van der Waals surface area contributed by atoms with Crippen molar-refractivity contribution in [3.8, 4) is 0 Å². The van der Waals surface area contributed by atoms with Gasteiger partial charge in [-0.15, -0.1) is 0 Å². The lowest BCUT2D eigenvalue weighted by atomic mass is 9.85. The van der Waals surface area contributed by atoms with Crippen LogP contribution in [0, 0.1) is 5.92 Å². The molecule has 0 unspecified atom stereocenters. The Hall–Kier alpha value is -1.21. The zero-order chi connectivity index (χ0) is 20.6. The molecule has 6 nitrogen and oxygen atoms in total.